The maximum Gasteiger partial charge on any atom is 0.194 e. The van der Waals surface area contributed by atoms with Crippen LogP contribution < -0.4 is 4.74 Å². The molecule has 2 aromatic carbocycles. The minimum atomic E-state index is -1.08. The summed E-state index contributed by atoms with van der Waals surface area (Å²) in [6.45, 7) is 6.86. The molecule has 0 aliphatic rings. The van der Waals surface area contributed by atoms with Gasteiger partial charge in [0.2, 0.25) is 0 Å². The molecule has 0 spiro atoms. The molecule has 4 nitrogen and oxygen atoms in total. The third-order valence-corrected chi connectivity index (χ3v) is 5.39. The van der Waals surface area contributed by atoms with Crippen LogP contribution in [-0.4, -0.2) is 29.2 Å². The average Bonchev–Trinajstić information content (AvgIpc) is 2.59. The molecule has 0 aliphatic heterocycles. The number of methoxy groups -OCH3 is 1. The number of hydrogen-bond acceptors (Lipinski definition) is 5. The summed E-state index contributed by atoms with van der Waals surface area (Å²) < 4.78 is 24.2. The highest BCUT2D eigenvalue weighted by Crippen LogP contribution is 2.36. The summed E-state index contributed by atoms with van der Waals surface area (Å²) >= 11 is 1.02. The van der Waals surface area contributed by atoms with Crippen molar-refractivity contribution >= 4 is 17.8 Å². The number of benzene rings is 2. The van der Waals surface area contributed by atoms with Crippen molar-refractivity contribution in [2.45, 2.75) is 43.8 Å². The molecule has 2 aromatic rings. The van der Waals surface area contributed by atoms with Gasteiger partial charge in [-0.05, 0) is 70.2 Å². The molecule has 0 unspecified atom stereocenters. The molecule has 0 bridgehead atoms. The van der Waals surface area contributed by atoms with Gasteiger partial charge in [0, 0.05) is 28.1 Å². The van der Waals surface area contributed by atoms with Crippen molar-refractivity contribution in [1.29, 1.82) is 0 Å². The number of rotatable bonds is 7. The van der Waals surface area contributed by atoms with E-state index < -0.39 is 17.0 Å². The first-order valence-electron chi connectivity index (χ1n) is 8.11. The van der Waals surface area contributed by atoms with Crippen LogP contribution in [0, 0.1) is 5.82 Å². The highest BCUT2D eigenvalue weighted by atomic mass is 32.2. The van der Waals surface area contributed by atoms with E-state index in [4.69, 9.17) is 8.92 Å². The van der Waals surface area contributed by atoms with Gasteiger partial charge in [-0.3, -0.25) is 4.79 Å². The second-order valence-electron chi connectivity index (χ2n) is 6.93. The van der Waals surface area contributed by atoms with Gasteiger partial charge >= 0.3 is 0 Å². The van der Waals surface area contributed by atoms with E-state index in [2.05, 4.69) is 0 Å². The minimum Gasteiger partial charge on any atom is -0.497 e. The largest absolute Gasteiger partial charge is 0.497 e. The Morgan fingerprint density at radius 3 is 2.23 bits per heavy atom. The molecule has 0 fully saturated rings. The highest BCUT2D eigenvalue weighted by molar-refractivity contribution is 7.94. The molecule has 26 heavy (non-hydrogen) atoms. The molecule has 0 saturated heterocycles. The van der Waals surface area contributed by atoms with E-state index in [1.54, 1.807) is 45.9 Å². The van der Waals surface area contributed by atoms with Gasteiger partial charge in [0.15, 0.2) is 5.78 Å². The lowest BCUT2D eigenvalue weighted by Gasteiger charge is -2.36. The van der Waals surface area contributed by atoms with Crippen LogP contribution in [0.4, 0.5) is 4.39 Å². The molecule has 0 heterocycles. The van der Waals surface area contributed by atoms with E-state index in [0.29, 0.717) is 21.8 Å². The third-order valence-electron chi connectivity index (χ3n) is 4.35. The van der Waals surface area contributed by atoms with E-state index in [9.17, 15) is 14.3 Å². The van der Waals surface area contributed by atoms with Crippen molar-refractivity contribution in [2.24, 2.45) is 0 Å². The van der Waals surface area contributed by atoms with Gasteiger partial charge in [-0.1, -0.05) is 0 Å². The fourth-order valence-electron chi connectivity index (χ4n) is 1.89. The summed E-state index contributed by atoms with van der Waals surface area (Å²) in [7, 11) is 1.52. The first-order chi connectivity index (χ1) is 12.0. The van der Waals surface area contributed by atoms with E-state index in [-0.39, 0.29) is 5.78 Å². The standard InChI is InChI=1S/C20H23FO4S/c1-19(2,23)20(3,4)25-26-17-11-10-15(24-5)12-16(17)18(22)13-6-8-14(21)9-7-13/h6-12,23H,1-5H3. The number of ketones is 1. The number of ether oxygens (including phenoxy) is 1. The molecule has 0 aliphatic carbocycles. The van der Waals surface area contributed by atoms with E-state index in [1.807, 2.05) is 0 Å². The molecule has 0 aromatic heterocycles. The van der Waals surface area contributed by atoms with Gasteiger partial charge in [-0.15, -0.1) is 0 Å². The molecule has 6 heteroatoms. The molecule has 0 amide bonds. The summed E-state index contributed by atoms with van der Waals surface area (Å²) in [5.74, 6) is -0.144. The molecule has 140 valence electrons. The van der Waals surface area contributed by atoms with Crippen molar-refractivity contribution in [3.63, 3.8) is 0 Å². The fraction of sp³-hybridized carbons (Fsp3) is 0.350. The molecular formula is C20H23FO4S. The Morgan fingerprint density at radius 2 is 1.69 bits per heavy atom. The van der Waals surface area contributed by atoms with Gasteiger partial charge in [0.25, 0.3) is 0 Å². The van der Waals surface area contributed by atoms with Gasteiger partial charge in [0.1, 0.15) is 17.2 Å². The molecule has 0 atom stereocenters. The second kappa shape index (κ2) is 7.78. The van der Waals surface area contributed by atoms with Gasteiger partial charge < -0.3 is 14.0 Å². The average molecular weight is 378 g/mol. The van der Waals surface area contributed by atoms with Crippen molar-refractivity contribution in [1.82, 2.24) is 0 Å². The van der Waals surface area contributed by atoms with Crippen LogP contribution in [0.5, 0.6) is 5.75 Å². The van der Waals surface area contributed by atoms with Gasteiger partial charge in [-0.25, -0.2) is 4.39 Å². The fourth-order valence-corrected chi connectivity index (χ4v) is 2.76. The summed E-state index contributed by atoms with van der Waals surface area (Å²) in [5.41, 5.74) is -1.18. The van der Waals surface area contributed by atoms with Gasteiger partial charge in [-0.2, -0.15) is 0 Å². The summed E-state index contributed by atoms with van der Waals surface area (Å²) in [6, 6.07) is 10.4. The predicted octanol–water partition coefficient (Wildman–Crippen LogP) is 4.64. The first kappa shape index (κ1) is 20.4. The SMILES string of the molecule is COc1ccc(SOC(C)(C)C(C)(C)O)c(C(=O)c2ccc(F)cc2)c1. The van der Waals surface area contributed by atoms with Crippen LogP contribution in [0.25, 0.3) is 0 Å². The highest BCUT2D eigenvalue weighted by Gasteiger charge is 2.37. The van der Waals surface area contributed by atoms with Crippen molar-refractivity contribution < 1.29 is 23.2 Å². The Hall–Kier alpha value is -1.89. The second-order valence-corrected chi connectivity index (χ2v) is 7.71. The predicted molar refractivity (Wildman–Crippen MR) is 100 cm³/mol. The summed E-state index contributed by atoms with van der Waals surface area (Å²) in [6.07, 6.45) is 0. The van der Waals surface area contributed by atoms with Crippen molar-refractivity contribution in [3.05, 3.63) is 59.4 Å². The minimum absolute atomic E-state index is 0.268. The Bertz CT molecular complexity index is 779. The van der Waals surface area contributed by atoms with Crippen LogP contribution >= 0.6 is 12.0 Å². The van der Waals surface area contributed by atoms with E-state index in [0.717, 1.165) is 12.0 Å². The van der Waals surface area contributed by atoms with Crippen LogP contribution in [0.2, 0.25) is 0 Å². The summed E-state index contributed by atoms with van der Waals surface area (Å²) in [5, 5.41) is 10.2. The molecule has 0 saturated carbocycles. The molecule has 1 N–H and O–H groups in total. The quantitative estimate of drug-likeness (QED) is 0.562. The lowest BCUT2D eigenvalue weighted by atomic mass is 9.90. The maximum atomic E-state index is 13.1. The lowest BCUT2D eigenvalue weighted by molar-refractivity contribution is -0.0813. The van der Waals surface area contributed by atoms with Crippen molar-refractivity contribution in [3.8, 4) is 5.75 Å². The number of halogens is 1. The van der Waals surface area contributed by atoms with Crippen LogP contribution in [0.3, 0.4) is 0 Å². The van der Waals surface area contributed by atoms with Crippen LogP contribution in [0.15, 0.2) is 47.4 Å². The number of hydrogen-bond donors (Lipinski definition) is 1. The van der Waals surface area contributed by atoms with E-state index in [1.165, 1.54) is 31.4 Å². The normalized spacial score (nSPS) is 12.1. The van der Waals surface area contributed by atoms with Gasteiger partial charge in [0.05, 0.1) is 12.7 Å². The molecule has 2 rings (SSSR count). The smallest absolute Gasteiger partial charge is 0.194 e. The number of aliphatic hydroxyl groups is 1. The van der Waals surface area contributed by atoms with Crippen LogP contribution in [0.1, 0.15) is 43.6 Å². The van der Waals surface area contributed by atoms with Crippen LogP contribution in [-0.2, 0) is 4.18 Å². The zero-order valence-electron chi connectivity index (χ0n) is 15.5. The zero-order valence-corrected chi connectivity index (χ0v) is 16.3. The van der Waals surface area contributed by atoms with Crippen molar-refractivity contribution in [2.75, 3.05) is 7.11 Å². The zero-order chi connectivity index (χ0) is 19.5. The lowest BCUT2D eigenvalue weighted by Crippen LogP contribution is -2.45. The maximum absolute atomic E-state index is 13.1. The summed E-state index contributed by atoms with van der Waals surface area (Å²) in [4.78, 5) is 13.5. The Balaban J connectivity index is 2.35. The number of carbonyl (C=O) groups is 1. The van der Waals surface area contributed by atoms with E-state index >= 15 is 0 Å². The topological polar surface area (TPSA) is 55.8 Å². The Kier molecular flexibility index (Phi) is 6.11. The molecular weight excluding hydrogens is 355 g/mol. The number of carbonyl (C=O) groups excluding carboxylic acids is 1. The molecule has 0 radical (unpaired) electrons. The Labute approximate surface area is 157 Å². The monoisotopic (exact) mass is 378 g/mol. The third kappa shape index (κ3) is 4.63. The Morgan fingerprint density at radius 1 is 1.08 bits per heavy atom. The first-order valence-corrected chi connectivity index (χ1v) is 8.85.